The van der Waals surface area contributed by atoms with E-state index in [9.17, 15) is 18.8 Å². The third-order valence-corrected chi connectivity index (χ3v) is 2.76. The maximum atomic E-state index is 12.7. The number of carbonyl (C=O) groups is 2. The molecule has 0 radical (unpaired) electrons. The first-order valence-corrected chi connectivity index (χ1v) is 6.17. The number of rotatable bonds is 4. The smallest absolute Gasteiger partial charge is 0.346 e. The lowest BCUT2D eigenvalue weighted by molar-refractivity contribution is 0.0135. The molecule has 2 rings (SSSR count). The van der Waals surface area contributed by atoms with Gasteiger partial charge in [-0.25, -0.2) is 9.18 Å². The molecule has 2 N–H and O–H groups in total. The van der Waals surface area contributed by atoms with E-state index >= 15 is 0 Å². The van der Waals surface area contributed by atoms with Crippen LogP contribution in [0.4, 0.5) is 4.39 Å². The summed E-state index contributed by atoms with van der Waals surface area (Å²) in [7, 11) is 1.49. The van der Waals surface area contributed by atoms with Crippen LogP contribution in [0.25, 0.3) is 0 Å². The number of nitrogens with one attached hydrogen (secondary N) is 2. The molecule has 0 saturated carbocycles. The maximum Gasteiger partial charge on any atom is 0.364 e. The molecule has 2 aromatic rings. The lowest BCUT2D eigenvalue weighted by Crippen LogP contribution is -2.40. The van der Waals surface area contributed by atoms with Gasteiger partial charge in [-0.05, 0) is 36.4 Å². The zero-order valence-corrected chi connectivity index (χ0v) is 11.5. The van der Waals surface area contributed by atoms with Gasteiger partial charge in [0.25, 0.3) is 11.5 Å². The topological polar surface area (TPSA) is 89.4 Å². The Balaban J connectivity index is 1.92. The highest BCUT2D eigenvalue weighted by Gasteiger charge is 2.13. The number of aromatic nitrogens is 1. The molecule has 0 aliphatic heterocycles. The molecule has 7 nitrogen and oxygen atoms in total. The van der Waals surface area contributed by atoms with E-state index in [2.05, 4.69) is 10.3 Å². The molecule has 8 heteroatoms. The van der Waals surface area contributed by atoms with Crippen LogP contribution in [0.2, 0.25) is 0 Å². The Morgan fingerprint density at radius 1 is 1.18 bits per heavy atom. The first kappa shape index (κ1) is 15.4. The van der Waals surface area contributed by atoms with Gasteiger partial charge in [-0.1, -0.05) is 5.59 Å². The summed E-state index contributed by atoms with van der Waals surface area (Å²) in [5.74, 6) is -2.05. The van der Waals surface area contributed by atoms with Crippen molar-refractivity contribution >= 4 is 11.9 Å². The molecule has 1 amide bonds. The van der Waals surface area contributed by atoms with Crippen molar-refractivity contribution in [1.82, 2.24) is 15.6 Å². The summed E-state index contributed by atoms with van der Waals surface area (Å²) in [5, 5.41) is 0. The third kappa shape index (κ3) is 3.55. The Hall–Kier alpha value is -3.00. The molecule has 0 aliphatic carbocycles. The van der Waals surface area contributed by atoms with E-state index in [1.807, 2.05) is 5.59 Å². The monoisotopic (exact) mass is 305 g/mol. The van der Waals surface area contributed by atoms with Crippen LogP contribution in [0.3, 0.4) is 0 Å². The minimum atomic E-state index is -0.944. The fourth-order valence-corrected chi connectivity index (χ4v) is 1.60. The summed E-state index contributed by atoms with van der Waals surface area (Å²) >= 11 is 0. The zero-order valence-electron chi connectivity index (χ0n) is 11.5. The Bertz CT molecular complexity index is 755. The molecule has 0 spiro atoms. The highest BCUT2D eigenvalue weighted by atomic mass is 19.1. The Labute approximate surface area is 124 Å². The van der Waals surface area contributed by atoms with Crippen LogP contribution in [-0.4, -0.2) is 16.4 Å². The Morgan fingerprint density at radius 3 is 2.55 bits per heavy atom. The van der Waals surface area contributed by atoms with Crippen molar-refractivity contribution < 1.29 is 18.8 Å². The molecule has 1 heterocycles. The molecular formula is C14H12FN3O4. The summed E-state index contributed by atoms with van der Waals surface area (Å²) in [5.41, 5.74) is 3.49. The summed E-state index contributed by atoms with van der Waals surface area (Å²) in [6, 6.07) is 7.58. The molecule has 114 valence electrons. The lowest BCUT2D eigenvalue weighted by atomic mass is 10.2. The molecule has 0 unspecified atom stereocenters. The van der Waals surface area contributed by atoms with E-state index in [1.54, 1.807) is 0 Å². The largest absolute Gasteiger partial charge is 0.364 e. The summed E-state index contributed by atoms with van der Waals surface area (Å²) in [4.78, 5) is 39.6. The maximum absolute atomic E-state index is 12.7. The number of pyridine rings is 1. The third-order valence-electron chi connectivity index (χ3n) is 2.76. The van der Waals surface area contributed by atoms with Crippen LogP contribution < -0.4 is 16.6 Å². The first-order chi connectivity index (χ1) is 10.5. The number of nitrogens with zero attached hydrogens (tertiary/aromatic N) is 1. The van der Waals surface area contributed by atoms with Crippen molar-refractivity contribution in [3.8, 4) is 0 Å². The second-order valence-electron chi connectivity index (χ2n) is 4.29. The van der Waals surface area contributed by atoms with E-state index in [1.165, 1.54) is 42.1 Å². The first-order valence-electron chi connectivity index (χ1n) is 6.17. The average molecular weight is 305 g/mol. The fraction of sp³-hybridized carbons (Fsp3) is 0.0714. The van der Waals surface area contributed by atoms with Crippen LogP contribution in [0.15, 0.2) is 47.4 Å². The van der Waals surface area contributed by atoms with Crippen LogP contribution in [0.1, 0.15) is 20.7 Å². The number of hydrazine groups is 1. The number of benzene rings is 1. The van der Waals surface area contributed by atoms with E-state index in [4.69, 9.17) is 0 Å². The van der Waals surface area contributed by atoms with E-state index in [-0.39, 0.29) is 11.1 Å². The second-order valence-corrected chi connectivity index (χ2v) is 4.29. The number of hydrogen-bond acceptors (Lipinski definition) is 5. The van der Waals surface area contributed by atoms with Gasteiger partial charge < -0.3 is 9.40 Å². The lowest BCUT2D eigenvalue weighted by Gasteiger charge is -2.07. The van der Waals surface area contributed by atoms with E-state index in [0.717, 1.165) is 12.1 Å². The van der Waals surface area contributed by atoms with Crippen molar-refractivity contribution in [3.05, 3.63) is 69.9 Å². The quantitative estimate of drug-likeness (QED) is 0.804. The molecule has 0 aliphatic rings. The van der Waals surface area contributed by atoms with Gasteiger partial charge in [0.1, 0.15) is 11.4 Å². The van der Waals surface area contributed by atoms with Gasteiger partial charge in [0.2, 0.25) is 0 Å². The van der Waals surface area contributed by atoms with Crippen LogP contribution in [0, 0.1) is 5.82 Å². The number of hydrogen-bond donors (Lipinski definition) is 2. The van der Waals surface area contributed by atoms with Crippen LogP contribution in [0.5, 0.6) is 0 Å². The van der Waals surface area contributed by atoms with Gasteiger partial charge in [0.15, 0.2) is 0 Å². The van der Waals surface area contributed by atoms with Crippen molar-refractivity contribution in [3.63, 3.8) is 0 Å². The molecule has 0 fully saturated rings. The average Bonchev–Trinajstić information content (AvgIpc) is 2.50. The highest BCUT2D eigenvalue weighted by Crippen LogP contribution is 2.01. The molecular weight excluding hydrogens is 293 g/mol. The standard InChI is InChI=1S/C14H12FN3O4/c1-18-8-2-3-11(13(18)20)14(21)22-17-16-12(19)9-4-6-10(15)7-5-9/h2-8,17H,1H3,(H,16,19). The van der Waals surface area contributed by atoms with Crippen LogP contribution in [-0.2, 0) is 11.9 Å². The van der Waals surface area contributed by atoms with Gasteiger partial charge in [-0.2, -0.15) is 0 Å². The SMILES string of the molecule is Cn1cccc(C(=O)ONNC(=O)c2ccc(F)cc2)c1=O. The van der Waals surface area contributed by atoms with Crippen LogP contribution >= 0.6 is 0 Å². The molecule has 0 saturated heterocycles. The molecule has 0 atom stereocenters. The highest BCUT2D eigenvalue weighted by molar-refractivity contribution is 5.94. The number of carbonyl (C=O) groups excluding carboxylic acids is 2. The summed E-state index contributed by atoms with van der Waals surface area (Å²) < 4.78 is 13.9. The minimum Gasteiger partial charge on any atom is -0.346 e. The zero-order chi connectivity index (χ0) is 16.1. The Kier molecular flexibility index (Phi) is 4.64. The van der Waals surface area contributed by atoms with Gasteiger partial charge >= 0.3 is 5.97 Å². The van der Waals surface area contributed by atoms with Gasteiger partial charge in [0.05, 0.1) is 0 Å². The summed E-state index contributed by atoms with van der Waals surface area (Å²) in [6.45, 7) is 0. The number of amides is 1. The van der Waals surface area contributed by atoms with Gasteiger partial charge in [-0.3, -0.25) is 15.0 Å². The normalized spacial score (nSPS) is 10.1. The predicted molar refractivity (Wildman–Crippen MR) is 74.1 cm³/mol. The van der Waals surface area contributed by atoms with E-state index in [0.29, 0.717) is 0 Å². The second kappa shape index (κ2) is 6.64. The fourth-order valence-electron chi connectivity index (χ4n) is 1.60. The number of halogens is 1. The van der Waals surface area contributed by atoms with Crippen molar-refractivity contribution in [2.45, 2.75) is 0 Å². The van der Waals surface area contributed by atoms with Crippen molar-refractivity contribution in [2.75, 3.05) is 0 Å². The van der Waals surface area contributed by atoms with Gasteiger partial charge in [-0.15, -0.1) is 0 Å². The Morgan fingerprint density at radius 2 is 1.86 bits per heavy atom. The molecule has 0 bridgehead atoms. The van der Waals surface area contributed by atoms with Crippen molar-refractivity contribution in [1.29, 1.82) is 0 Å². The van der Waals surface area contributed by atoms with Gasteiger partial charge in [0, 0.05) is 18.8 Å². The molecule has 22 heavy (non-hydrogen) atoms. The molecule has 1 aromatic heterocycles. The summed E-state index contributed by atoms with van der Waals surface area (Å²) in [6.07, 6.45) is 1.49. The van der Waals surface area contributed by atoms with Crippen molar-refractivity contribution in [2.24, 2.45) is 7.05 Å². The minimum absolute atomic E-state index is 0.167. The number of aryl methyl sites for hydroxylation is 1. The predicted octanol–water partition coefficient (Wildman–Crippen LogP) is 0.531. The van der Waals surface area contributed by atoms with E-state index < -0.39 is 23.3 Å². The molecule has 1 aromatic carbocycles.